The zero-order valence-electron chi connectivity index (χ0n) is 20.1. The van der Waals surface area contributed by atoms with Gasteiger partial charge in [0.1, 0.15) is 16.4 Å². The van der Waals surface area contributed by atoms with Crippen LogP contribution < -0.4 is 10.1 Å². The zero-order chi connectivity index (χ0) is 25.8. The summed E-state index contributed by atoms with van der Waals surface area (Å²) in [5.74, 6) is -2.75. The Morgan fingerprint density at radius 3 is 2.67 bits per heavy atom. The Morgan fingerprint density at radius 1 is 1.30 bits per heavy atom. The Morgan fingerprint density at radius 2 is 2.00 bits per heavy atom. The third-order valence-electron chi connectivity index (χ3n) is 3.11. The highest BCUT2D eigenvalue weighted by molar-refractivity contribution is 7.89. The molecule has 2 aromatic rings. The quantitative estimate of drug-likeness (QED) is 0.800. The van der Waals surface area contributed by atoms with E-state index in [4.69, 9.17) is 37.5 Å². The maximum Gasteiger partial charge on any atom is 0.247 e. The van der Waals surface area contributed by atoms with E-state index in [1.165, 1.54) is 24.3 Å². The molecule has 1 fully saturated rings. The van der Waals surface area contributed by atoms with Crippen LogP contribution in [-0.2, 0) is 14.8 Å². The molecule has 0 unspecified atom stereocenters. The van der Waals surface area contributed by atoms with E-state index in [1.54, 1.807) is 5.32 Å². The van der Waals surface area contributed by atoms with E-state index in [-0.39, 0.29) is 20.1 Å². The van der Waals surface area contributed by atoms with Gasteiger partial charge in [-0.05, 0) is 36.3 Å². The SMILES string of the molecule is [2H]c1c([2H])c(Oc2cc(Cl)cc(Cl)c2)c(S(=O)(=O)N2CC([2H])([2H])NC(=O)C2([2H])[2H])c([2H])c1C#N. The van der Waals surface area contributed by atoms with E-state index in [0.717, 1.165) is 0 Å². The Bertz CT molecular complexity index is 1350. The van der Waals surface area contributed by atoms with Crippen molar-refractivity contribution in [3.8, 4) is 17.6 Å². The minimum atomic E-state index is -5.32. The van der Waals surface area contributed by atoms with Gasteiger partial charge in [0.25, 0.3) is 0 Å². The predicted molar refractivity (Wildman–Crippen MR) is 99.5 cm³/mol. The first kappa shape index (κ1) is 12.2. The highest BCUT2D eigenvalue weighted by Crippen LogP contribution is 2.34. The van der Waals surface area contributed by atoms with Crippen molar-refractivity contribution in [1.29, 1.82) is 5.26 Å². The molecule has 1 aliphatic rings. The lowest BCUT2D eigenvalue weighted by Gasteiger charge is -2.26. The lowest BCUT2D eigenvalue weighted by atomic mass is 10.2. The Kier molecular flexibility index (Phi) is 3.50. The lowest BCUT2D eigenvalue weighted by molar-refractivity contribution is -0.122. The van der Waals surface area contributed by atoms with Crippen molar-refractivity contribution in [2.24, 2.45) is 0 Å². The highest BCUT2D eigenvalue weighted by atomic mass is 35.5. The summed E-state index contributed by atoms with van der Waals surface area (Å²) in [5, 5.41) is 11.2. The van der Waals surface area contributed by atoms with Crippen LogP contribution in [0.25, 0.3) is 0 Å². The second-order valence-corrected chi connectivity index (χ2v) is 7.65. The van der Waals surface area contributed by atoms with Crippen molar-refractivity contribution in [2.75, 3.05) is 19.5 Å². The van der Waals surface area contributed by atoms with E-state index in [0.29, 0.717) is 0 Å². The summed E-state index contributed by atoms with van der Waals surface area (Å²) in [5.41, 5.74) is -0.829. The summed E-state index contributed by atoms with van der Waals surface area (Å²) in [6.45, 7) is -7.19. The predicted octanol–water partition coefficient (Wildman–Crippen LogP) is 2.78. The van der Waals surface area contributed by atoms with Gasteiger partial charge in [-0.2, -0.15) is 9.57 Å². The van der Waals surface area contributed by atoms with Crippen molar-refractivity contribution >= 4 is 39.1 Å². The molecule has 2 aromatic carbocycles. The molecule has 10 heteroatoms. The molecule has 1 amide bonds. The van der Waals surface area contributed by atoms with Gasteiger partial charge in [-0.25, -0.2) is 8.42 Å². The first-order valence-electron chi connectivity index (χ1n) is 10.6. The van der Waals surface area contributed by atoms with Gasteiger partial charge in [0.15, 0.2) is 0 Å². The van der Waals surface area contributed by atoms with Crippen molar-refractivity contribution in [3.63, 3.8) is 0 Å². The largest absolute Gasteiger partial charge is 0.456 e. The molecule has 3 rings (SSSR count). The third-order valence-corrected chi connectivity index (χ3v) is 5.15. The van der Waals surface area contributed by atoms with E-state index in [2.05, 4.69) is 0 Å². The molecule has 0 aliphatic carbocycles. The molecule has 27 heavy (non-hydrogen) atoms. The molecule has 0 aromatic heterocycles. The molecule has 0 bridgehead atoms. The Hall–Kier alpha value is -2.31. The van der Waals surface area contributed by atoms with Crippen LogP contribution in [0.4, 0.5) is 0 Å². The van der Waals surface area contributed by atoms with Gasteiger partial charge < -0.3 is 10.1 Å². The number of piperazine rings is 1. The minimum Gasteiger partial charge on any atom is -0.456 e. The van der Waals surface area contributed by atoms with Gasteiger partial charge in [-0.3, -0.25) is 4.79 Å². The van der Waals surface area contributed by atoms with Gasteiger partial charge >= 0.3 is 0 Å². The molecule has 0 radical (unpaired) electrons. The van der Waals surface area contributed by atoms with Crippen molar-refractivity contribution < 1.29 is 27.5 Å². The van der Waals surface area contributed by atoms with Crippen molar-refractivity contribution in [3.05, 3.63) is 51.9 Å². The van der Waals surface area contributed by atoms with E-state index in [1.807, 2.05) is 0 Å². The summed E-state index contributed by atoms with van der Waals surface area (Å²) in [7, 11) is -5.32. The summed E-state index contributed by atoms with van der Waals surface area (Å²) in [6.07, 6.45) is 0. The number of nitriles is 1. The number of ether oxygens (including phenoxy) is 1. The molecule has 0 spiro atoms. The van der Waals surface area contributed by atoms with E-state index in [9.17, 15) is 18.5 Å². The first-order valence-corrected chi connectivity index (χ1v) is 9.26. The maximum absolute atomic E-state index is 13.6. The monoisotopic (exact) mass is 432 g/mol. The fraction of sp³-hybridized carbons (Fsp3) is 0.176. The van der Waals surface area contributed by atoms with Gasteiger partial charge in [0.2, 0.25) is 15.9 Å². The molecular weight excluding hydrogens is 413 g/mol. The van der Waals surface area contributed by atoms with Crippen LogP contribution in [-0.4, -0.2) is 38.2 Å². The molecule has 7 nitrogen and oxygen atoms in total. The number of carbonyl (C=O) groups is 1. The number of nitrogens with zero attached hydrogens (tertiary/aromatic N) is 2. The van der Waals surface area contributed by atoms with Gasteiger partial charge in [0, 0.05) is 23.1 Å². The fourth-order valence-corrected chi connectivity index (χ4v) is 3.74. The van der Waals surface area contributed by atoms with E-state index < -0.39 is 69.8 Å². The Labute approximate surface area is 175 Å². The number of halogens is 2. The van der Waals surface area contributed by atoms with Crippen LogP contribution in [0.15, 0.2) is 41.2 Å². The first-order chi connectivity index (χ1) is 15.5. The normalized spacial score (nSPS) is 22.6. The molecular formula is C17H13Cl2N3O4S. The number of carbonyl (C=O) groups excluding carboxylic acids is 1. The average molecular weight is 433 g/mol. The van der Waals surface area contributed by atoms with Crippen LogP contribution >= 0.6 is 23.2 Å². The van der Waals surface area contributed by atoms with Crippen molar-refractivity contribution in [2.45, 2.75) is 4.90 Å². The number of sulfonamides is 1. The molecule has 1 heterocycles. The summed E-state index contributed by atoms with van der Waals surface area (Å²) in [4.78, 5) is 10.9. The third kappa shape index (κ3) is 4.34. The number of hydrogen-bond acceptors (Lipinski definition) is 5. The smallest absolute Gasteiger partial charge is 0.247 e. The van der Waals surface area contributed by atoms with Crippen LogP contribution in [0.2, 0.25) is 10.0 Å². The number of benzene rings is 2. The number of amides is 1. The van der Waals surface area contributed by atoms with Gasteiger partial charge in [-0.1, -0.05) is 23.2 Å². The topological polar surface area (TPSA) is 99.5 Å². The number of rotatable bonds is 4. The van der Waals surface area contributed by atoms with Crippen LogP contribution in [0.5, 0.6) is 11.5 Å². The highest BCUT2D eigenvalue weighted by Gasteiger charge is 2.32. The molecule has 1 aliphatic heterocycles. The van der Waals surface area contributed by atoms with Crippen LogP contribution in [0.3, 0.4) is 0 Å². The molecule has 0 atom stereocenters. The summed E-state index contributed by atoms with van der Waals surface area (Å²) < 4.78 is 88.2. The van der Waals surface area contributed by atoms with E-state index >= 15 is 0 Å². The van der Waals surface area contributed by atoms with Crippen LogP contribution in [0.1, 0.15) is 15.2 Å². The standard InChI is InChI=1S/C17H13Cl2N3O4S/c18-12-6-13(19)8-14(7-12)26-15-2-1-11(9-20)5-16(15)27(24,25)22-4-3-21-17(23)10-22/h1-2,5-8H,3-4,10H2,(H,21,23)/i1D,2D,3D2,5D,10D2. The number of nitrogens with one attached hydrogen (secondary N) is 1. The fourth-order valence-electron chi connectivity index (χ4n) is 2.02. The molecule has 140 valence electrons. The second kappa shape index (κ2) is 7.74. The minimum absolute atomic E-state index is 0.0570. The summed E-state index contributed by atoms with van der Waals surface area (Å²) in [6, 6.07) is 2.25. The molecule has 1 saturated heterocycles. The van der Waals surface area contributed by atoms with Crippen molar-refractivity contribution in [1.82, 2.24) is 9.62 Å². The Balaban J connectivity index is 2.34. The molecule has 0 saturated carbocycles. The number of hydrogen-bond donors (Lipinski definition) is 1. The second-order valence-electron chi connectivity index (χ2n) is 4.98. The zero-order valence-corrected chi connectivity index (χ0v) is 15.5. The van der Waals surface area contributed by atoms with Gasteiger partial charge in [0.05, 0.1) is 27.7 Å². The van der Waals surface area contributed by atoms with Crippen LogP contribution in [0, 0.1) is 11.3 Å². The van der Waals surface area contributed by atoms with Gasteiger partial charge in [-0.15, -0.1) is 0 Å². The molecule has 1 N–H and O–H groups in total. The summed E-state index contributed by atoms with van der Waals surface area (Å²) >= 11 is 11.8. The average Bonchev–Trinajstić information content (AvgIpc) is 2.68. The lowest BCUT2D eigenvalue weighted by Crippen LogP contribution is -2.49. The maximum atomic E-state index is 13.6.